The summed E-state index contributed by atoms with van der Waals surface area (Å²) < 4.78 is 27.6. The van der Waals surface area contributed by atoms with Crippen LogP contribution in [0.3, 0.4) is 0 Å². The average Bonchev–Trinajstić information content (AvgIpc) is 2.85. The molecule has 1 unspecified atom stereocenters. The molecule has 0 radical (unpaired) electrons. The molecule has 0 aliphatic rings. The molecule has 9 heteroatoms. The van der Waals surface area contributed by atoms with Crippen LogP contribution in [0.2, 0.25) is 0 Å². The second-order valence-corrected chi connectivity index (χ2v) is 12.7. The Morgan fingerprint density at radius 1 is 0.921 bits per heavy atom. The Hall–Kier alpha value is -2.92. The number of nitrogens with zero attached hydrogens (tertiary/aromatic N) is 2. The maximum Gasteiger partial charge on any atom is 0.244 e. The van der Waals surface area contributed by atoms with Crippen LogP contribution in [0.25, 0.3) is 0 Å². The molecule has 1 N–H and O–H groups in total. The zero-order valence-corrected chi connectivity index (χ0v) is 25.1. The van der Waals surface area contributed by atoms with Crippen LogP contribution >= 0.6 is 22.6 Å². The largest absolute Gasteiger partial charge is 0.352 e. The van der Waals surface area contributed by atoms with Gasteiger partial charge in [-0.15, -0.1) is 0 Å². The summed E-state index contributed by atoms with van der Waals surface area (Å²) in [5, 5.41) is 2.95. The molecular weight excluding hydrogens is 613 g/mol. The van der Waals surface area contributed by atoms with E-state index in [0.29, 0.717) is 12.1 Å². The number of hydrogen-bond donors (Lipinski definition) is 1. The summed E-state index contributed by atoms with van der Waals surface area (Å²) >= 11 is 2.14. The van der Waals surface area contributed by atoms with E-state index < -0.39 is 28.5 Å². The van der Waals surface area contributed by atoms with Crippen LogP contribution < -0.4 is 9.62 Å². The topological polar surface area (TPSA) is 86.8 Å². The highest BCUT2D eigenvalue weighted by Gasteiger charge is 2.33. The van der Waals surface area contributed by atoms with E-state index in [1.54, 1.807) is 24.3 Å². The molecule has 0 aromatic heterocycles. The summed E-state index contributed by atoms with van der Waals surface area (Å²) in [5.74, 6) is -0.747. The second kappa shape index (κ2) is 13.2. The van der Waals surface area contributed by atoms with Crippen LogP contribution in [-0.2, 0) is 32.6 Å². The van der Waals surface area contributed by atoms with Crippen LogP contribution in [-0.4, -0.2) is 50.0 Å². The summed E-state index contributed by atoms with van der Waals surface area (Å²) in [4.78, 5) is 29.1. The maximum atomic E-state index is 14.0. The summed E-state index contributed by atoms with van der Waals surface area (Å²) in [6.07, 6.45) is 1.37. The number of sulfonamides is 1. The lowest BCUT2D eigenvalue weighted by atomic mass is 10.0. The molecule has 0 aliphatic carbocycles. The number of nitrogens with one attached hydrogen (secondary N) is 1. The fraction of sp³-hybridized carbons (Fsp3) is 0.310. The lowest BCUT2D eigenvalue weighted by Crippen LogP contribution is -2.54. The number of carbonyl (C=O) groups excluding carboxylic acids is 2. The number of hydrogen-bond acceptors (Lipinski definition) is 4. The number of halogens is 1. The fourth-order valence-corrected chi connectivity index (χ4v) is 5.34. The van der Waals surface area contributed by atoms with E-state index in [4.69, 9.17) is 0 Å². The van der Waals surface area contributed by atoms with Crippen molar-refractivity contribution in [3.63, 3.8) is 0 Å². The molecule has 38 heavy (non-hydrogen) atoms. The van der Waals surface area contributed by atoms with Crippen molar-refractivity contribution < 1.29 is 18.0 Å². The minimum absolute atomic E-state index is 0.129. The molecule has 0 bridgehead atoms. The first-order valence-corrected chi connectivity index (χ1v) is 15.3. The van der Waals surface area contributed by atoms with Gasteiger partial charge in [0.05, 0.1) is 11.9 Å². The minimum atomic E-state index is -3.78. The highest BCUT2D eigenvalue weighted by atomic mass is 127. The summed E-state index contributed by atoms with van der Waals surface area (Å²) in [6, 6.07) is 23.1. The predicted molar refractivity (Wildman–Crippen MR) is 160 cm³/mol. The van der Waals surface area contributed by atoms with Gasteiger partial charge in [-0.05, 0) is 84.3 Å². The number of amides is 2. The highest BCUT2D eigenvalue weighted by molar-refractivity contribution is 14.1. The first kappa shape index (κ1) is 29.6. The molecule has 0 saturated heterocycles. The molecule has 0 saturated carbocycles. The van der Waals surface area contributed by atoms with Crippen molar-refractivity contribution in [1.29, 1.82) is 0 Å². The zero-order chi connectivity index (χ0) is 27.9. The van der Waals surface area contributed by atoms with E-state index >= 15 is 0 Å². The van der Waals surface area contributed by atoms with Crippen LogP contribution in [0.15, 0.2) is 78.9 Å². The second-order valence-electron chi connectivity index (χ2n) is 9.56. The molecule has 3 aromatic rings. The third-order valence-corrected chi connectivity index (χ3v) is 7.96. The maximum absolute atomic E-state index is 14.0. The van der Waals surface area contributed by atoms with E-state index in [0.717, 1.165) is 30.8 Å². The number of benzene rings is 3. The molecule has 202 valence electrons. The van der Waals surface area contributed by atoms with Crippen LogP contribution in [0.1, 0.15) is 30.5 Å². The smallest absolute Gasteiger partial charge is 0.244 e. The van der Waals surface area contributed by atoms with Gasteiger partial charge in [0.2, 0.25) is 21.8 Å². The molecule has 0 spiro atoms. The molecule has 0 heterocycles. The first-order valence-electron chi connectivity index (χ1n) is 12.4. The summed E-state index contributed by atoms with van der Waals surface area (Å²) in [6.45, 7) is 5.43. The van der Waals surface area contributed by atoms with Gasteiger partial charge in [0.15, 0.2) is 0 Å². The van der Waals surface area contributed by atoms with Gasteiger partial charge >= 0.3 is 0 Å². The average molecular weight is 648 g/mol. The Morgan fingerprint density at radius 3 is 2.11 bits per heavy atom. The van der Waals surface area contributed by atoms with Crippen molar-refractivity contribution in [2.45, 2.75) is 45.8 Å². The van der Waals surface area contributed by atoms with Gasteiger partial charge in [-0.2, -0.15) is 0 Å². The molecule has 0 fully saturated rings. The van der Waals surface area contributed by atoms with E-state index in [9.17, 15) is 18.0 Å². The number of aryl methyl sites for hydroxylation is 1. The SMILES string of the molecule is Cc1ccccc1CN(C(=O)CN(c1ccc(I)cc1)S(C)(=O)=O)C(Cc1ccccc1)C(=O)NC(C)C. The van der Waals surface area contributed by atoms with Crippen LogP contribution in [0.4, 0.5) is 5.69 Å². The molecular formula is C29H34IN3O4S. The van der Waals surface area contributed by atoms with E-state index in [1.165, 1.54) is 4.90 Å². The van der Waals surface area contributed by atoms with E-state index in [1.807, 2.05) is 75.4 Å². The van der Waals surface area contributed by atoms with Gasteiger partial charge in [-0.25, -0.2) is 8.42 Å². The van der Waals surface area contributed by atoms with Crippen molar-refractivity contribution in [2.75, 3.05) is 17.1 Å². The lowest BCUT2D eigenvalue weighted by Gasteiger charge is -2.34. The van der Waals surface area contributed by atoms with E-state index in [2.05, 4.69) is 27.9 Å². The van der Waals surface area contributed by atoms with Gasteiger partial charge in [-0.1, -0.05) is 54.6 Å². The summed E-state index contributed by atoms with van der Waals surface area (Å²) in [5.41, 5.74) is 3.15. The molecule has 0 aliphatic heterocycles. The molecule has 3 rings (SSSR count). The Morgan fingerprint density at radius 2 is 1.53 bits per heavy atom. The third kappa shape index (κ3) is 8.29. The zero-order valence-electron chi connectivity index (χ0n) is 22.1. The van der Waals surface area contributed by atoms with Crippen LogP contribution in [0.5, 0.6) is 0 Å². The van der Waals surface area contributed by atoms with Crippen molar-refractivity contribution in [3.05, 3.63) is 99.1 Å². The number of anilines is 1. The quantitative estimate of drug-likeness (QED) is 0.310. The van der Waals surface area contributed by atoms with E-state index in [-0.39, 0.29) is 18.5 Å². The van der Waals surface area contributed by atoms with Crippen molar-refractivity contribution in [1.82, 2.24) is 10.2 Å². The molecule has 2 amide bonds. The Bertz CT molecular complexity index is 1350. The normalized spacial score (nSPS) is 12.2. The van der Waals surface area contributed by atoms with Crippen molar-refractivity contribution in [3.8, 4) is 0 Å². The number of carbonyl (C=O) groups is 2. The molecule has 7 nitrogen and oxygen atoms in total. The van der Waals surface area contributed by atoms with Gasteiger partial charge in [0.1, 0.15) is 12.6 Å². The van der Waals surface area contributed by atoms with Crippen molar-refractivity contribution >= 4 is 50.1 Å². The molecule has 1 atom stereocenters. The summed E-state index contributed by atoms with van der Waals surface area (Å²) in [7, 11) is -3.78. The lowest BCUT2D eigenvalue weighted by molar-refractivity contribution is -0.140. The van der Waals surface area contributed by atoms with Gasteiger partial charge in [0.25, 0.3) is 0 Å². The minimum Gasteiger partial charge on any atom is -0.352 e. The fourth-order valence-electron chi connectivity index (χ4n) is 4.13. The third-order valence-electron chi connectivity index (χ3n) is 6.10. The molecule has 3 aromatic carbocycles. The Labute approximate surface area is 239 Å². The van der Waals surface area contributed by atoms with Crippen LogP contribution in [0, 0.1) is 10.5 Å². The van der Waals surface area contributed by atoms with Gasteiger partial charge in [0, 0.05) is 22.6 Å². The Balaban J connectivity index is 2.06. The standard InChI is InChI=1S/C29H34IN3O4S/c1-21(2)31-29(35)27(18-23-11-6-5-7-12-23)32(19-24-13-9-8-10-22(24)3)28(34)20-33(38(4,36)37)26-16-14-25(30)15-17-26/h5-17,21,27H,18-20H2,1-4H3,(H,31,35). The highest BCUT2D eigenvalue weighted by Crippen LogP contribution is 2.22. The monoisotopic (exact) mass is 647 g/mol. The Kier molecular flexibility index (Phi) is 10.3. The van der Waals surface area contributed by atoms with Gasteiger partial charge in [-0.3, -0.25) is 13.9 Å². The first-order chi connectivity index (χ1) is 18.0. The van der Waals surface area contributed by atoms with Gasteiger partial charge < -0.3 is 10.2 Å². The predicted octanol–water partition coefficient (Wildman–Crippen LogP) is 4.53. The van der Waals surface area contributed by atoms with Crippen molar-refractivity contribution in [2.24, 2.45) is 0 Å². The number of rotatable bonds is 11.